The molecule has 2 N–H and O–H groups in total. The first-order valence-electron chi connectivity index (χ1n) is 11.2. The van der Waals surface area contributed by atoms with Crippen molar-refractivity contribution >= 4 is 5.91 Å². The molecule has 0 spiro atoms. The van der Waals surface area contributed by atoms with E-state index in [1.54, 1.807) is 24.0 Å². The Bertz CT molecular complexity index is 1210. The van der Waals surface area contributed by atoms with Crippen LogP contribution in [0.3, 0.4) is 0 Å². The van der Waals surface area contributed by atoms with Crippen LogP contribution in [0, 0.1) is 19.7 Å². The molecule has 0 saturated carbocycles. The number of piperazine rings is 1. The zero-order chi connectivity index (χ0) is 24.4. The molecule has 1 aliphatic rings. The molecule has 1 amide bonds. The minimum atomic E-state index is -0.771. The number of hydrogen-bond acceptors (Lipinski definition) is 5. The number of nitrogens with zero attached hydrogens (tertiary/aromatic N) is 2. The third-order valence-electron chi connectivity index (χ3n) is 6.31. The van der Waals surface area contributed by atoms with Gasteiger partial charge in [0.1, 0.15) is 5.82 Å². The molecule has 0 bridgehead atoms. The van der Waals surface area contributed by atoms with Gasteiger partial charge in [-0.25, -0.2) is 4.39 Å². The fraction of sp³-hybridized carbons (Fsp3) is 0.259. The standard InChI is InChI=1S/C27H27FN2O4/c1-17-3-5-19(6-4-17)25(20-7-9-21(28)10-8-20)29-11-13-30(14-12-29)27(34)22-16-24(32)26(33)23(31)15-18(22)2/h3-10,15-16,25H,11-14H2,1-2H3,(H2,31,32,33). The molecule has 0 aliphatic carbocycles. The Kier molecular flexibility index (Phi) is 6.65. The summed E-state index contributed by atoms with van der Waals surface area (Å²) in [6, 6.07) is 17.0. The highest BCUT2D eigenvalue weighted by Gasteiger charge is 2.29. The second-order valence-electron chi connectivity index (χ2n) is 8.68. The smallest absolute Gasteiger partial charge is 0.254 e. The van der Waals surface area contributed by atoms with Crippen LogP contribution < -0.4 is 5.43 Å². The van der Waals surface area contributed by atoms with Crippen molar-refractivity contribution < 1.29 is 19.4 Å². The average molecular weight is 463 g/mol. The number of aromatic hydroxyl groups is 2. The van der Waals surface area contributed by atoms with Gasteiger partial charge in [-0.1, -0.05) is 42.0 Å². The molecule has 1 fully saturated rings. The molecule has 3 aromatic carbocycles. The van der Waals surface area contributed by atoms with Crippen LogP contribution in [-0.4, -0.2) is 52.1 Å². The predicted molar refractivity (Wildman–Crippen MR) is 128 cm³/mol. The number of rotatable bonds is 4. The van der Waals surface area contributed by atoms with Gasteiger partial charge in [0, 0.05) is 31.7 Å². The van der Waals surface area contributed by atoms with E-state index in [9.17, 15) is 24.2 Å². The summed E-state index contributed by atoms with van der Waals surface area (Å²) in [5.74, 6) is -1.98. The molecule has 1 atom stereocenters. The maximum Gasteiger partial charge on any atom is 0.254 e. The molecule has 1 saturated heterocycles. The topological polar surface area (TPSA) is 81.1 Å². The molecule has 1 unspecified atom stereocenters. The van der Waals surface area contributed by atoms with E-state index < -0.39 is 16.9 Å². The van der Waals surface area contributed by atoms with E-state index in [1.807, 2.05) is 6.92 Å². The summed E-state index contributed by atoms with van der Waals surface area (Å²) in [6.45, 7) is 5.69. The van der Waals surface area contributed by atoms with Gasteiger partial charge in [0.15, 0.2) is 5.75 Å². The van der Waals surface area contributed by atoms with Crippen LogP contribution in [0.25, 0.3) is 0 Å². The molecule has 6 nitrogen and oxygen atoms in total. The van der Waals surface area contributed by atoms with Crippen LogP contribution in [0.1, 0.15) is 38.7 Å². The normalized spacial score (nSPS) is 15.2. The van der Waals surface area contributed by atoms with E-state index in [2.05, 4.69) is 29.2 Å². The van der Waals surface area contributed by atoms with Gasteiger partial charge in [-0.15, -0.1) is 0 Å². The van der Waals surface area contributed by atoms with Crippen LogP contribution in [0.5, 0.6) is 11.5 Å². The molecule has 3 aromatic rings. The Morgan fingerprint density at radius 1 is 0.882 bits per heavy atom. The van der Waals surface area contributed by atoms with Crippen molar-refractivity contribution in [2.75, 3.05) is 26.2 Å². The molecular weight excluding hydrogens is 435 g/mol. The maximum absolute atomic E-state index is 13.6. The van der Waals surface area contributed by atoms with Crippen LogP contribution in [0.4, 0.5) is 4.39 Å². The number of aryl methyl sites for hydroxylation is 2. The predicted octanol–water partition coefficient (Wildman–Crippen LogP) is 3.76. The summed E-state index contributed by atoms with van der Waals surface area (Å²) in [7, 11) is 0. The van der Waals surface area contributed by atoms with Crippen molar-refractivity contribution in [3.63, 3.8) is 0 Å². The van der Waals surface area contributed by atoms with Gasteiger partial charge in [-0.05, 0) is 54.8 Å². The van der Waals surface area contributed by atoms with Gasteiger partial charge in [0.2, 0.25) is 11.2 Å². The summed E-state index contributed by atoms with van der Waals surface area (Å²) in [5, 5.41) is 19.7. The van der Waals surface area contributed by atoms with E-state index in [4.69, 9.17) is 0 Å². The van der Waals surface area contributed by atoms with E-state index in [0.717, 1.165) is 28.8 Å². The quantitative estimate of drug-likeness (QED) is 0.617. The highest BCUT2D eigenvalue weighted by atomic mass is 19.1. The number of amides is 1. The first kappa shape index (κ1) is 23.4. The minimum Gasteiger partial charge on any atom is -0.504 e. The molecule has 1 aliphatic heterocycles. The van der Waals surface area contributed by atoms with Gasteiger partial charge in [-0.2, -0.15) is 0 Å². The first-order chi connectivity index (χ1) is 16.2. The van der Waals surface area contributed by atoms with Crippen molar-refractivity contribution in [1.82, 2.24) is 9.80 Å². The van der Waals surface area contributed by atoms with Crippen LogP contribution in [-0.2, 0) is 0 Å². The lowest BCUT2D eigenvalue weighted by molar-refractivity contribution is 0.0596. The third-order valence-corrected chi connectivity index (χ3v) is 6.31. The average Bonchev–Trinajstić information content (AvgIpc) is 2.93. The van der Waals surface area contributed by atoms with Crippen molar-refractivity contribution in [2.24, 2.45) is 0 Å². The molecule has 176 valence electrons. The molecule has 0 radical (unpaired) electrons. The zero-order valence-corrected chi connectivity index (χ0v) is 19.2. The monoisotopic (exact) mass is 462 g/mol. The van der Waals surface area contributed by atoms with E-state index in [1.165, 1.54) is 12.1 Å². The van der Waals surface area contributed by atoms with Gasteiger partial charge in [0.25, 0.3) is 5.91 Å². The van der Waals surface area contributed by atoms with Gasteiger partial charge in [-0.3, -0.25) is 14.5 Å². The second kappa shape index (κ2) is 9.65. The number of hydrogen-bond donors (Lipinski definition) is 2. The molecular formula is C27H27FN2O4. The first-order valence-corrected chi connectivity index (χ1v) is 11.2. The van der Waals surface area contributed by atoms with E-state index >= 15 is 0 Å². The summed E-state index contributed by atoms with van der Waals surface area (Å²) in [6.07, 6.45) is 0. The van der Waals surface area contributed by atoms with Gasteiger partial charge in [0.05, 0.1) is 6.04 Å². The summed E-state index contributed by atoms with van der Waals surface area (Å²) >= 11 is 0. The molecule has 4 rings (SSSR count). The molecule has 34 heavy (non-hydrogen) atoms. The zero-order valence-electron chi connectivity index (χ0n) is 19.2. The van der Waals surface area contributed by atoms with E-state index in [0.29, 0.717) is 31.7 Å². The number of carbonyl (C=O) groups is 1. The SMILES string of the molecule is Cc1ccc(C(c2ccc(F)cc2)N2CCN(C(=O)c3cc(O)c(O)c(=O)cc3C)CC2)cc1. The Balaban J connectivity index is 1.58. The number of carbonyl (C=O) groups excluding carboxylic acids is 1. The summed E-state index contributed by atoms with van der Waals surface area (Å²) in [5.41, 5.74) is 3.04. The lowest BCUT2D eigenvalue weighted by atomic mass is 9.95. The molecule has 0 aromatic heterocycles. The summed E-state index contributed by atoms with van der Waals surface area (Å²) < 4.78 is 13.6. The second-order valence-corrected chi connectivity index (χ2v) is 8.68. The Hall–Kier alpha value is -3.71. The van der Waals surface area contributed by atoms with E-state index in [-0.39, 0.29) is 23.3 Å². The minimum absolute atomic E-state index is 0.0845. The fourth-order valence-electron chi connectivity index (χ4n) is 4.38. The fourth-order valence-corrected chi connectivity index (χ4v) is 4.38. The Labute approximate surface area is 197 Å². The van der Waals surface area contributed by atoms with Crippen LogP contribution in [0.2, 0.25) is 0 Å². The lowest BCUT2D eigenvalue weighted by Crippen LogP contribution is -2.50. The van der Waals surface area contributed by atoms with Crippen molar-refractivity contribution in [2.45, 2.75) is 19.9 Å². The number of benzene rings is 2. The van der Waals surface area contributed by atoms with Crippen molar-refractivity contribution in [3.8, 4) is 11.5 Å². The van der Waals surface area contributed by atoms with Crippen molar-refractivity contribution in [1.29, 1.82) is 0 Å². The molecule has 1 heterocycles. The lowest BCUT2D eigenvalue weighted by Gasteiger charge is -2.40. The Morgan fingerprint density at radius 2 is 1.44 bits per heavy atom. The highest BCUT2D eigenvalue weighted by molar-refractivity contribution is 5.96. The van der Waals surface area contributed by atoms with Gasteiger partial charge >= 0.3 is 0 Å². The summed E-state index contributed by atoms with van der Waals surface area (Å²) in [4.78, 5) is 29.0. The maximum atomic E-state index is 13.6. The highest BCUT2D eigenvalue weighted by Crippen LogP contribution is 2.31. The van der Waals surface area contributed by atoms with Crippen LogP contribution in [0.15, 0.2) is 65.5 Å². The van der Waals surface area contributed by atoms with Crippen LogP contribution >= 0.6 is 0 Å². The third kappa shape index (κ3) is 4.79. The van der Waals surface area contributed by atoms with Crippen molar-refractivity contribution in [3.05, 3.63) is 105 Å². The van der Waals surface area contributed by atoms with Gasteiger partial charge < -0.3 is 15.1 Å². The largest absolute Gasteiger partial charge is 0.504 e. The number of halogens is 1. The Morgan fingerprint density at radius 3 is 2.03 bits per heavy atom. The molecule has 7 heteroatoms.